The van der Waals surface area contributed by atoms with E-state index in [0.29, 0.717) is 0 Å². The number of imide groups is 1. The van der Waals surface area contributed by atoms with Crippen LogP contribution in [-0.4, -0.2) is 17.0 Å². The number of alkyl halides is 2. The summed E-state index contributed by atoms with van der Waals surface area (Å²) in [5.74, 6) is -2.06. The minimum absolute atomic E-state index is 0.0228. The zero-order valence-corrected chi connectivity index (χ0v) is 19.6. The zero-order chi connectivity index (χ0) is 22.4. The first-order chi connectivity index (χ1) is 15.3. The van der Waals surface area contributed by atoms with Crippen LogP contribution in [0.5, 0.6) is 0 Å². The molecule has 3 aromatic carbocycles. The highest BCUT2D eigenvalue weighted by Gasteiger charge is 2.72. The molecule has 3 atom stereocenters. The minimum Gasteiger partial charge on any atom is -0.595 e. The SMILES string of the molecule is O=C1[C@H]2[C@H](C(=O)N1c1cccc([NH+]([O-])O)c1)C1(Br)c3ccccc3C2(Br)c2ccccc21. The van der Waals surface area contributed by atoms with Gasteiger partial charge in [-0.2, -0.15) is 5.23 Å². The van der Waals surface area contributed by atoms with Crippen LogP contribution in [0.3, 0.4) is 0 Å². The van der Waals surface area contributed by atoms with Crippen molar-refractivity contribution < 1.29 is 20.0 Å². The molecular formula is C24H16Br2N2O4. The molecule has 32 heavy (non-hydrogen) atoms. The van der Waals surface area contributed by atoms with Gasteiger partial charge in [0.25, 0.3) is 0 Å². The van der Waals surface area contributed by atoms with E-state index in [9.17, 15) is 20.0 Å². The molecule has 2 amide bonds. The lowest BCUT2D eigenvalue weighted by Gasteiger charge is -2.55. The lowest BCUT2D eigenvalue weighted by atomic mass is 9.54. The van der Waals surface area contributed by atoms with Crippen molar-refractivity contribution in [2.45, 2.75) is 8.65 Å². The monoisotopic (exact) mass is 554 g/mol. The number of carbonyl (C=O) groups excluding carboxylic acids is 2. The van der Waals surface area contributed by atoms with E-state index < -0.39 is 25.7 Å². The number of anilines is 1. The van der Waals surface area contributed by atoms with E-state index in [-0.39, 0.29) is 23.2 Å². The molecule has 6 nitrogen and oxygen atoms in total. The standard InChI is InChI=1S/C24H16Br2N2O4/c25-23-15-8-1-2-9-16(15)24(26,18-11-4-3-10-17(18)23)20-19(23)21(29)27(22(20)30)13-6-5-7-14(12-13)28(31)32/h1-12,19-20,28,31H/t19-,20-,23?,24?/m1/s1. The van der Waals surface area contributed by atoms with Gasteiger partial charge < -0.3 is 5.21 Å². The third-order valence-corrected chi connectivity index (χ3v) is 9.63. The second kappa shape index (κ2) is 6.59. The van der Waals surface area contributed by atoms with Crippen LogP contribution in [0.1, 0.15) is 22.3 Å². The number of quaternary nitrogens is 1. The first-order valence-corrected chi connectivity index (χ1v) is 11.7. The Morgan fingerprint density at radius 3 is 1.62 bits per heavy atom. The maximum atomic E-state index is 13.9. The first kappa shape index (κ1) is 20.3. The molecule has 0 aromatic heterocycles. The van der Waals surface area contributed by atoms with Crippen LogP contribution in [0.15, 0.2) is 72.8 Å². The summed E-state index contributed by atoms with van der Waals surface area (Å²) in [6, 6.07) is 21.7. The summed E-state index contributed by atoms with van der Waals surface area (Å²) in [5.41, 5.74) is 4.13. The Kier molecular flexibility index (Phi) is 4.17. The van der Waals surface area contributed by atoms with Gasteiger partial charge in [-0.15, -0.1) is 0 Å². The summed E-state index contributed by atoms with van der Waals surface area (Å²) in [4.78, 5) is 28.9. The molecule has 2 bridgehead atoms. The second-order valence-electron chi connectivity index (χ2n) is 8.34. The Balaban J connectivity index is 1.62. The molecule has 3 aromatic rings. The van der Waals surface area contributed by atoms with E-state index in [4.69, 9.17) is 0 Å². The normalized spacial score (nSPS) is 30.7. The molecule has 1 aliphatic heterocycles. The number of hydrogen-bond donors (Lipinski definition) is 2. The van der Waals surface area contributed by atoms with Crippen LogP contribution < -0.4 is 10.1 Å². The van der Waals surface area contributed by atoms with Crippen molar-refractivity contribution in [3.05, 3.63) is 100 Å². The number of rotatable bonds is 2. The van der Waals surface area contributed by atoms with Crippen LogP contribution in [-0.2, 0) is 18.2 Å². The molecule has 1 heterocycles. The fourth-order valence-electron chi connectivity index (χ4n) is 5.70. The maximum absolute atomic E-state index is 13.9. The Hall–Kier alpha value is -2.36. The van der Waals surface area contributed by atoms with Gasteiger partial charge >= 0.3 is 0 Å². The van der Waals surface area contributed by atoms with Crippen molar-refractivity contribution >= 4 is 55.0 Å². The Morgan fingerprint density at radius 1 is 0.781 bits per heavy atom. The molecule has 1 saturated heterocycles. The van der Waals surface area contributed by atoms with E-state index in [1.807, 2.05) is 48.5 Å². The van der Waals surface area contributed by atoms with Gasteiger partial charge in [-0.1, -0.05) is 86.5 Å². The fraction of sp³-hybridized carbons (Fsp3) is 0.167. The molecule has 7 rings (SSSR count). The van der Waals surface area contributed by atoms with Gasteiger partial charge in [0.1, 0.15) is 0 Å². The van der Waals surface area contributed by atoms with Crippen molar-refractivity contribution in [1.29, 1.82) is 0 Å². The second-order valence-corrected chi connectivity index (χ2v) is 10.8. The first-order valence-electron chi connectivity index (χ1n) is 10.1. The van der Waals surface area contributed by atoms with Gasteiger partial charge in [0.05, 0.1) is 26.2 Å². The van der Waals surface area contributed by atoms with E-state index in [2.05, 4.69) is 31.9 Å². The number of carbonyl (C=O) groups is 2. The molecule has 0 radical (unpaired) electrons. The number of nitrogens with zero attached hydrogens (tertiary/aromatic N) is 1. The van der Waals surface area contributed by atoms with Crippen LogP contribution >= 0.6 is 31.9 Å². The molecule has 8 heteroatoms. The lowest BCUT2D eigenvalue weighted by molar-refractivity contribution is -0.991. The zero-order valence-electron chi connectivity index (χ0n) is 16.5. The molecule has 1 fully saturated rings. The predicted molar refractivity (Wildman–Crippen MR) is 124 cm³/mol. The smallest absolute Gasteiger partial charge is 0.239 e. The molecule has 4 aliphatic rings. The van der Waals surface area contributed by atoms with E-state index in [1.165, 1.54) is 12.1 Å². The topological polar surface area (TPSA) is 85.1 Å². The van der Waals surface area contributed by atoms with Crippen LogP contribution in [0.2, 0.25) is 0 Å². The quantitative estimate of drug-likeness (QED) is 0.288. The van der Waals surface area contributed by atoms with Crippen LogP contribution in [0.4, 0.5) is 11.4 Å². The van der Waals surface area contributed by atoms with Crippen molar-refractivity contribution in [3.63, 3.8) is 0 Å². The highest BCUT2D eigenvalue weighted by molar-refractivity contribution is 9.10. The highest BCUT2D eigenvalue weighted by Crippen LogP contribution is 2.70. The number of hydrogen-bond acceptors (Lipinski definition) is 4. The van der Waals surface area contributed by atoms with Gasteiger partial charge in [-0.05, 0) is 28.3 Å². The molecule has 2 N–H and O–H groups in total. The van der Waals surface area contributed by atoms with Gasteiger partial charge in [-0.25, -0.2) is 10.1 Å². The van der Waals surface area contributed by atoms with Crippen molar-refractivity contribution in [2.24, 2.45) is 11.8 Å². The predicted octanol–water partition coefficient (Wildman–Crippen LogP) is 3.50. The summed E-state index contributed by atoms with van der Waals surface area (Å²) in [7, 11) is 0. The van der Waals surface area contributed by atoms with Crippen molar-refractivity contribution in [3.8, 4) is 0 Å². The molecule has 1 unspecified atom stereocenters. The van der Waals surface area contributed by atoms with Gasteiger partial charge in [0.15, 0.2) is 5.69 Å². The molecular weight excluding hydrogens is 540 g/mol. The molecule has 160 valence electrons. The average molecular weight is 556 g/mol. The Bertz CT molecular complexity index is 1200. The largest absolute Gasteiger partial charge is 0.595 e. The summed E-state index contributed by atoms with van der Waals surface area (Å²) in [5, 5.41) is 19.8. The van der Waals surface area contributed by atoms with Gasteiger partial charge in [0.2, 0.25) is 11.8 Å². The van der Waals surface area contributed by atoms with Crippen LogP contribution in [0.25, 0.3) is 0 Å². The number of nitrogens with one attached hydrogen (secondary N) is 1. The number of benzene rings is 3. The maximum Gasteiger partial charge on any atom is 0.239 e. The molecule has 3 aliphatic carbocycles. The average Bonchev–Trinajstić information content (AvgIpc) is 3.08. The number of amides is 2. The Morgan fingerprint density at radius 2 is 1.22 bits per heavy atom. The van der Waals surface area contributed by atoms with E-state index >= 15 is 0 Å². The molecule has 0 spiro atoms. The van der Waals surface area contributed by atoms with E-state index in [1.54, 1.807) is 12.1 Å². The summed E-state index contributed by atoms with van der Waals surface area (Å²) in [6.45, 7) is 0. The molecule has 0 saturated carbocycles. The Labute approximate surface area is 200 Å². The third-order valence-electron chi connectivity index (χ3n) is 6.94. The lowest BCUT2D eigenvalue weighted by Crippen LogP contribution is -2.99. The summed E-state index contributed by atoms with van der Waals surface area (Å²) in [6.07, 6.45) is 0. The van der Waals surface area contributed by atoms with Crippen LogP contribution in [0, 0.1) is 17.0 Å². The highest BCUT2D eigenvalue weighted by atomic mass is 79.9. The van der Waals surface area contributed by atoms with Crippen molar-refractivity contribution in [2.75, 3.05) is 4.90 Å². The van der Waals surface area contributed by atoms with E-state index in [0.717, 1.165) is 27.2 Å². The fourth-order valence-corrected chi connectivity index (χ4v) is 8.00. The summed E-state index contributed by atoms with van der Waals surface area (Å²) >= 11 is 7.90. The van der Waals surface area contributed by atoms with Crippen molar-refractivity contribution in [1.82, 2.24) is 0 Å². The number of halogens is 2. The third kappa shape index (κ3) is 2.24. The van der Waals surface area contributed by atoms with Gasteiger partial charge in [0, 0.05) is 12.1 Å². The van der Waals surface area contributed by atoms with Gasteiger partial charge in [-0.3, -0.25) is 9.59 Å². The summed E-state index contributed by atoms with van der Waals surface area (Å²) < 4.78 is -1.74. The minimum atomic E-state index is -1.11.